The molecule has 1 aromatic heterocycles. The van der Waals surface area contributed by atoms with Gasteiger partial charge in [0.15, 0.2) is 0 Å². The monoisotopic (exact) mass is 261 g/mol. The fourth-order valence-electron chi connectivity index (χ4n) is 1.79. The van der Waals surface area contributed by atoms with Crippen molar-refractivity contribution in [1.82, 2.24) is 4.98 Å². The van der Waals surface area contributed by atoms with Gasteiger partial charge in [0.1, 0.15) is 0 Å². The first-order valence-electron chi connectivity index (χ1n) is 5.58. The molecule has 0 unspecified atom stereocenters. The summed E-state index contributed by atoms with van der Waals surface area (Å²) in [6.45, 7) is 0. The number of hydrogen-bond donors (Lipinski definition) is 1. The minimum Gasteiger partial charge on any atom is -0.478 e. The topological polar surface area (TPSA) is 50.2 Å². The average Bonchev–Trinajstić information content (AvgIpc) is 2.37. The molecule has 0 amide bonds. The summed E-state index contributed by atoms with van der Waals surface area (Å²) in [4.78, 5) is 15.1. The van der Waals surface area contributed by atoms with Crippen LogP contribution in [0.1, 0.15) is 21.6 Å². The summed E-state index contributed by atoms with van der Waals surface area (Å²) >= 11 is 5.90. The number of carbonyl (C=O) groups is 1. The molecular weight excluding hydrogens is 250 g/mol. The van der Waals surface area contributed by atoms with Gasteiger partial charge in [-0.2, -0.15) is 0 Å². The van der Waals surface area contributed by atoms with Gasteiger partial charge in [0.05, 0.1) is 11.3 Å². The van der Waals surface area contributed by atoms with E-state index in [4.69, 9.17) is 16.7 Å². The Hall–Kier alpha value is -1.87. The van der Waals surface area contributed by atoms with Crippen molar-refractivity contribution < 1.29 is 9.90 Å². The van der Waals surface area contributed by atoms with Crippen LogP contribution in [0.4, 0.5) is 0 Å². The van der Waals surface area contributed by atoms with Crippen LogP contribution in [0.5, 0.6) is 0 Å². The van der Waals surface area contributed by atoms with Crippen molar-refractivity contribution >= 4 is 17.6 Å². The highest BCUT2D eigenvalue weighted by atomic mass is 35.5. The molecular formula is C14H12ClNO2. The summed E-state index contributed by atoms with van der Waals surface area (Å²) < 4.78 is 0. The second-order valence-electron chi connectivity index (χ2n) is 3.93. The highest BCUT2D eigenvalue weighted by Crippen LogP contribution is 2.14. The van der Waals surface area contributed by atoms with Gasteiger partial charge in [-0.25, -0.2) is 4.79 Å². The van der Waals surface area contributed by atoms with Gasteiger partial charge in [0.2, 0.25) is 0 Å². The van der Waals surface area contributed by atoms with E-state index in [-0.39, 0.29) is 5.56 Å². The Morgan fingerprint density at radius 1 is 1.22 bits per heavy atom. The molecule has 3 nitrogen and oxygen atoms in total. The summed E-state index contributed by atoms with van der Waals surface area (Å²) in [5.74, 6) is -0.941. The van der Waals surface area contributed by atoms with Crippen LogP contribution in [0, 0.1) is 0 Å². The number of carboxylic acid groups (broad SMARTS) is 1. The van der Waals surface area contributed by atoms with E-state index in [1.54, 1.807) is 18.3 Å². The molecule has 92 valence electrons. The van der Waals surface area contributed by atoms with Gasteiger partial charge in [0, 0.05) is 11.2 Å². The molecule has 0 bridgehead atoms. The lowest BCUT2D eigenvalue weighted by Crippen LogP contribution is -2.05. The molecule has 1 aromatic carbocycles. The van der Waals surface area contributed by atoms with Crippen LogP contribution >= 0.6 is 11.6 Å². The van der Waals surface area contributed by atoms with Crippen LogP contribution in [-0.2, 0) is 12.8 Å². The molecule has 0 saturated heterocycles. The zero-order chi connectivity index (χ0) is 13.0. The lowest BCUT2D eigenvalue weighted by atomic mass is 10.0. The molecule has 0 aliphatic heterocycles. The Kier molecular flexibility index (Phi) is 3.95. The number of aryl methyl sites for hydroxylation is 2. The minimum atomic E-state index is -0.941. The Bertz CT molecular complexity index is 569. The van der Waals surface area contributed by atoms with Gasteiger partial charge in [-0.3, -0.25) is 4.98 Å². The van der Waals surface area contributed by atoms with Crippen molar-refractivity contribution in [2.75, 3.05) is 0 Å². The number of carboxylic acids is 1. The first kappa shape index (κ1) is 12.6. The van der Waals surface area contributed by atoms with Gasteiger partial charge >= 0.3 is 5.97 Å². The highest BCUT2D eigenvalue weighted by molar-refractivity contribution is 6.30. The Balaban J connectivity index is 2.13. The van der Waals surface area contributed by atoms with E-state index in [1.807, 2.05) is 24.3 Å². The number of aromatic nitrogens is 1. The number of pyridine rings is 1. The molecule has 0 aliphatic carbocycles. The third-order valence-corrected chi connectivity index (χ3v) is 2.90. The average molecular weight is 262 g/mol. The van der Waals surface area contributed by atoms with E-state index in [1.165, 1.54) is 0 Å². The maximum absolute atomic E-state index is 11.0. The largest absolute Gasteiger partial charge is 0.478 e. The molecule has 2 rings (SSSR count). The Morgan fingerprint density at radius 3 is 2.78 bits per heavy atom. The van der Waals surface area contributed by atoms with Crippen LogP contribution < -0.4 is 0 Å². The van der Waals surface area contributed by atoms with Crippen LogP contribution in [-0.4, -0.2) is 16.1 Å². The molecule has 0 saturated carbocycles. The molecule has 0 atom stereocenters. The number of halogens is 1. The smallest absolute Gasteiger partial charge is 0.337 e. The second-order valence-corrected chi connectivity index (χ2v) is 4.37. The summed E-state index contributed by atoms with van der Waals surface area (Å²) in [6.07, 6.45) is 2.92. The molecule has 4 heteroatoms. The fraction of sp³-hybridized carbons (Fsp3) is 0.143. The summed E-state index contributed by atoms with van der Waals surface area (Å²) in [7, 11) is 0. The lowest BCUT2D eigenvalue weighted by molar-refractivity contribution is 0.0695. The maximum atomic E-state index is 11.0. The number of rotatable bonds is 4. The normalized spacial score (nSPS) is 10.3. The van der Waals surface area contributed by atoms with Gasteiger partial charge < -0.3 is 5.11 Å². The van der Waals surface area contributed by atoms with Gasteiger partial charge in [-0.1, -0.05) is 23.7 Å². The van der Waals surface area contributed by atoms with E-state index >= 15 is 0 Å². The summed E-state index contributed by atoms with van der Waals surface area (Å²) in [5, 5.41) is 9.73. The predicted molar refractivity (Wildman–Crippen MR) is 70.1 cm³/mol. The number of nitrogens with zero attached hydrogens (tertiary/aromatic N) is 1. The minimum absolute atomic E-state index is 0.263. The zero-order valence-corrected chi connectivity index (χ0v) is 10.4. The van der Waals surface area contributed by atoms with Crippen LogP contribution in [0.2, 0.25) is 5.02 Å². The van der Waals surface area contributed by atoms with Crippen molar-refractivity contribution in [1.29, 1.82) is 0 Å². The third kappa shape index (κ3) is 3.08. The molecule has 0 aliphatic rings. The number of benzene rings is 1. The van der Waals surface area contributed by atoms with Gasteiger partial charge in [0.25, 0.3) is 0 Å². The molecule has 0 radical (unpaired) electrons. The predicted octanol–water partition coefficient (Wildman–Crippen LogP) is 3.22. The summed E-state index contributed by atoms with van der Waals surface area (Å²) in [5.41, 5.74) is 1.94. The molecule has 0 spiro atoms. The Morgan fingerprint density at radius 2 is 2.06 bits per heavy atom. The Labute approximate surface area is 110 Å². The first-order chi connectivity index (χ1) is 8.66. The molecule has 1 heterocycles. The first-order valence-corrected chi connectivity index (χ1v) is 5.96. The zero-order valence-electron chi connectivity index (χ0n) is 9.64. The molecule has 2 aromatic rings. The van der Waals surface area contributed by atoms with Crippen molar-refractivity contribution in [2.24, 2.45) is 0 Å². The molecule has 1 N–H and O–H groups in total. The van der Waals surface area contributed by atoms with Crippen LogP contribution in [0.15, 0.2) is 42.6 Å². The van der Waals surface area contributed by atoms with E-state index in [2.05, 4.69) is 4.98 Å². The summed E-state index contributed by atoms with van der Waals surface area (Å²) in [6, 6.07) is 10.7. The number of aromatic carboxylic acids is 1. The van der Waals surface area contributed by atoms with Crippen molar-refractivity contribution in [3.05, 3.63) is 64.4 Å². The van der Waals surface area contributed by atoms with Crippen molar-refractivity contribution in [3.63, 3.8) is 0 Å². The van der Waals surface area contributed by atoms with Gasteiger partial charge in [-0.05, 0) is 42.7 Å². The maximum Gasteiger partial charge on any atom is 0.337 e. The van der Waals surface area contributed by atoms with Crippen molar-refractivity contribution in [3.8, 4) is 0 Å². The van der Waals surface area contributed by atoms with E-state index in [9.17, 15) is 4.79 Å². The van der Waals surface area contributed by atoms with E-state index in [0.717, 1.165) is 12.0 Å². The van der Waals surface area contributed by atoms with Gasteiger partial charge in [-0.15, -0.1) is 0 Å². The fourth-order valence-corrected chi connectivity index (χ4v) is 2.00. The second kappa shape index (κ2) is 5.65. The number of hydrogen-bond acceptors (Lipinski definition) is 2. The van der Waals surface area contributed by atoms with Crippen LogP contribution in [0.25, 0.3) is 0 Å². The standard InChI is InChI=1S/C14H12ClNO2/c15-11-4-1-3-10(9-11)6-7-13-12(14(17)18)5-2-8-16-13/h1-5,8-9H,6-7H2,(H,17,18). The van der Waals surface area contributed by atoms with E-state index < -0.39 is 5.97 Å². The van der Waals surface area contributed by atoms with Crippen LogP contribution in [0.3, 0.4) is 0 Å². The lowest BCUT2D eigenvalue weighted by Gasteiger charge is -2.05. The highest BCUT2D eigenvalue weighted by Gasteiger charge is 2.10. The third-order valence-electron chi connectivity index (χ3n) is 2.66. The molecule has 18 heavy (non-hydrogen) atoms. The quantitative estimate of drug-likeness (QED) is 0.919. The van der Waals surface area contributed by atoms with Crippen molar-refractivity contribution in [2.45, 2.75) is 12.8 Å². The molecule has 0 fully saturated rings. The SMILES string of the molecule is O=C(O)c1cccnc1CCc1cccc(Cl)c1. The van der Waals surface area contributed by atoms with E-state index in [0.29, 0.717) is 17.1 Å².